The van der Waals surface area contributed by atoms with E-state index in [-0.39, 0.29) is 10.6 Å². The van der Waals surface area contributed by atoms with Gasteiger partial charge in [-0.05, 0) is 55.5 Å². The molecule has 1 aromatic carbocycles. The molecule has 0 spiro atoms. The Morgan fingerprint density at radius 2 is 1.81 bits per heavy atom. The van der Waals surface area contributed by atoms with Gasteiger partial charge in [0.25, 0.3) is 0 Å². The van der Waals surface area contributed by atoms with Crippen LogP contribution in [-0.2, 0) is 25.7 Å². The maximum atomic E-state index is 15.7. The van der Waals surface area contributed by atoms with Crippen molar-refractivity contribution < 1.29 is 39.9 Å². The van der Waals surface area contributed by atoms with Crippen molar-refractivity contribution >= 4 is 27.6 Å². The predicted octanol–water partition coefficient (Wildman–Crippen LogP) is 5.10. The number of hydrogen-bond acceptors (Lipinski definition) is 5. The van der Waals surface area contributed by atoms with Crippen molar-refractivity contribution in [3.05, 3.63) is 58.9 Å². The molecule has 1 unspecified atom stereocenters. The number of nitrogens with zero attached hydrogens (tertiary/aromatic N) is 2. The molecule has 2 aromatic rings. The number of carbonyl (C=O) groups is 1. The molecule has 1 fully saturated rings. The lowest BCUT2D eigenvalue weighted by Gasteiger charge is -2.38. The summed E-state index contributed by atoms with van der Waals surface area (Å²) in [4.78, 5) is 14.7. The Labute approximate surface area is 209 Å². The summed E-state index contributed by atoms with van der Waals surface area (Å²) in [5, 5.41) is 0.147. The molecule has 1 aliphatic rings. The zero-order valence-corrected chi connectivity index (χ0v) is 20.2. The number of rotatable bonds is 9. The molecule has 1 aliphatic carbocycles. The summed E-state index contributed by atoms with van der Waals surface area (Å²) in [5.74, 6) is -4.74. The van der Waals surface area contributed by atoms with Crippen molar-refractivity contribution in [2.75, 3.05) is 6.61 Å². The third-order valence-electron chi connectivity index (χ3n) is 5.45. The van der Waals surface area contributed by atoms with Crippen LogP contribution in [0, 0.1) is 18.3 Å². The summed E-state index contributed by atoms with van der Waals surface area (Å²) in [5.41, 5.74) is -1.71. The summed E-state index contributed by atoms with van der Waals surface area (Å²) >= 11 is 5.87. The SMILES string of the molecule is C#CC(C1CC1)N([C@@H](c1ccc(Cl)cc1)C(F)(F)C(=O)OCC)S(=O)(=O)c1ccc(C(F)(F)F)nc1. The van der Waals surface area contributed by atoms with Crippen molar-refractivity contribution in [1.82, 2.24) is 9.29 Å². The first-order valence-electron chi connectivity index (χ1n) is 10.6. The first-order chi connectivity index (χ1) is 16.7. The fraction of sp³-hybridized carbons (Fsp3) is 0.391. The van der Waals surface area contributed by atoms with E-state index in [1.54, 1.807) is 0 Å². The number of halogens is 6. The van der Waals surface area contributed by atoms with Crippen molar-refractivity contribution in [3.63, 3.8) is 0 Å². The molecule has 36 heavy (non-hydrogen) atoms. The molecule has 0 amide bonds. The van der Waals surface area contributed by atoms with Crippen molar-refractivity contribution in [2.45, 2.75) is 48.8 Å². The van der Waals surface area contributed by atoms with Crippen LogP contribution < -0.4 is 0 Å². The van der Waals surface area contributed by atoms with Crippen molar-refractivity contribution in [3.8, 4) is 12.3 Å². The maximum Gasteiger partial charge on any atom is 0.433 e. The van der Waals surface area contributed by atoms with Crippen LogP contribution in [0.1, 0.15) is 37.1 Å². The van der Waals surface area contributed by atoms with E-state index in [0.717, 1.165) is 12.1 Å². The quantitative estimate of drug-likeness (QED) is 0.247. The van der Waals surface area contributed by atoms with E-state index in [2.05, 4.69) is 15.6 Å². The van der Waals surface area contributed by atoms with Gasteiger partial charge in [-0.15, -0.1) is 6.42 Å². The van der Waals surface area contributed by atoms with Gasteiger partial charge in [0.2, 0.25) is 10.0 Å². The summed E-state index contributed by atoms with van der Waals surface area (Å²) < 4.78 is 103. The Balaban J connectivity index is 2.26. The Hall–Kier alpha value is -2.75. The lowest BCUT2D eigenvalue weighted by Crippen LogP contribution is -2.52. The second-order valence-corrected chi connectivity index (χ2v) is 10.2. The van der Waals surface area contributed by atoms with Gasteiger partial charge in [0.05, 0.1) is 12.6 Å². The third kappa shape index (κ3) is 5.63. The molecule has 194 valence electrons. The molecule has 1 saturated carbocycles. The molecular weight excluding hydrogens is 531 g/mol. The summed E-state index contributed by atoms with van der Waals surface area (Å²) in [7, 11) is -5.03. The summed E-state index contributed by atoms with van der Waals surface area (Å²) in [6.45, 7) is 0.876. The number of aromatic nitrogens is 1. The van der Waals surface area contributed by atoms with Gasteiger partial charge in [0.1, 0.15) is 16.6 Å². The van der Waals surface area contributed by atoms with Crippen LogP contribution in [0.3, 0.4) is 0 Å². The Bertz CT molecular complexity index is 1240. The molecule has 0 radical (unpaired) electrons. The van der Waals surface area contributed by atoms with Gasteiger partial charge in [-0.3, -0.25) is 4.98 Å². The minimum Gasteiger partial charge on any atom is -0.462 e. The lowest BCUT2D eigenvalue weighted by molar-refractivity contribution is -0.180. The highest BCUT2D eigenvalue weighted by Crippen LogP contribution is 2.46. The molecule has 1 aromatic heterocycles. The molecule has 13 heteroatoms. The number of benzene rings is 1. The largest absolute Gasteiger partial charge is 0.462 e. The minimum absolute atomic E-state index is 0.147. The van der Waals surface area contributed by atoms with Crippen LogP contribution in [0.15, 0.2) is 47.5 Å². The van der Waals surface area contributed by atoms with E-state index in [0.29, 0.717) is 35.5 Å². The fourth-order valence-corrected chi connectivity index (χ4v) is 5.46. The average Bonchev–Trinajstić information content (AvgIpc) is 3.65. The first kappa shape index (κ1) is 27.8. The van der Waals surface area contributed by atoms with Gasteiger partial charge in [0.15, 0.2) is 0 Å². The van der Waals surface area contributed by atoms with Gasteiger partial charge in [-0.2, -0.15) is 26.3 Å². The van der Waals surface area contributed by atoms with Crippen LogP contribution in [0.25, 0.3) is 0 Å². The normalized spacial score (nSPS) is 16.3. The topological polar surface area (TPSA) is 76.6 Å². The van der Waals surface area contributed by atoms with E-state index in [1.165, 1.54) is 19.1 Å². The van der Waals surface area contributed by atoms with Gasteiger partial charge in [-0.25, -0.2) is 13.2 Å². The molecule has 0 N–H and O–H groups in total. The zero-order valence-electron chi connectivity index (χ0n) is 18.7. The standard InChI is InChI=1S/C23H20ClF5N2O4S/c1-3-18(14-5-6-14)31(36(33,34)17-11-12-19(30-13-17)23(27,28)29)20(15-7-9-16(24)10-8-15)22(25,26)21(32)35-4-2/h1,7-14,18,20H,4-6H2,2H3/t18?,20-/m0/s1. The number of sulfonamides is 1. The van der Waals surface area contributed by atoms with Gasteiger partial charge in [-0.1, -0.05) is 29.7 Å². The van der Waals surface area contributed by atoms with E-state index >= 15 is 8.78 Å². The second kappa shape index (κ2) is 10.3. The van der Waals surface area contributed by atoms with E-state index in [9.17, 15) is 26.4 Å². The summed E-state index contributed by atoms with van der Waals surface area (Å²) in [6.07, 6.45) is 1.98. The van der Waals surface area contributed by atoms with E-state index in [4.69, 9.17) is 18.0 Å². The lowest BCUT2D eigenvalue weighted by atomic mass is 9.98. The second-order valence-electron chi connectivity index (χ2n) is 7.96. The van der Waals surface area contributed by atoms with Gasteiger partial charge >= 0.3 is 18.1 Å². The summed E-state index contributed by atoms with van der Waals surface area (Å²) in [6, 6.07) is 1.71. The highest BCUT2D eigenvalue weighted by atomic mass is 35.5. The molecule has 0 bridgehead atoms. The van der Waals surface area contributed by atoms with E-state index in [1.807, 2.05) is 0 Å². The number of pyridine rings is 1. The van der Waals surface area contributed by atoms with E-state index < -0.39 is 63.3 Å². The van der Waals surface area contributed by atoms with Crippen LogP contribution in [-0.4, -0.2) is 42.2 Å². The molecular formula is C23H20ClF5N2O4S. The first-order valence-corrected chi connectivity index (χ1v) is 12.4. The highest BCUT2D eigenvalue weighted by molar-refractivity contribution is 7.89. The zero-order chi connectivity index (χ0) is 26.9. The number of hydrogen-bond donors (Lipinski definition) is 0. The van der Waals surface area contributed by atoms with Crippen LogP contribution >= 0.6 is 11.6 Å². The average molecular weight is 551 g/mol. The van der Waals surface area contributed by atoms with Crippen molar-refractivity contribution in [2.24, 2.45) is 5.92 Å². The molecule has 1 heterocycles. The Morgan fingerprint density at radius 3 is 2.25 bits per heavy atom. The highest BCUT2D eigenvalue weighted by Gasteiger charge is 2.58. The fourth-order valence-electron chi connectivity index (χ4n) is 3.60. The van der Waals surface area contributed by atoms with Gasteiger partial charge in [0, 0.05) is 11.2 Å². The maximum absolute atomic E-state index is 15.7. The molecule has 0 aliphatic heterocycles. The van der Waals surface area contributed by atoms with Crippen molar-refractivity contribution in [1.29, 1.82) is 0 Å². The molecule has 3 rings (SSSR count). The number of esters is 1. The number of alkyl halides is 5. The molecule has 2 atom stereocenters. The smallest absolute Gasteiger partial charge is 0.433 e. The predicted molar refractivity (Wildman–Crippen MR) is 119 cm³/mol. The Kier molecular flexibility index (Phi) is 7.98. The number of ether oxygens (including phenoxy) is 1. The van der Waals surface area contributed by atoms with Crippen LogP contribution in [0.5, 0.6) is 0 Å². The minimum atomic E-state index is -5.03. The van der Waals surface area contributed by atoms with Crippen LogP contribution in [0.2, 0.25) is 5.02 Å². The molecule has 0 saturated heterocycles. The molecule has 6 nitrogen and oxygen atoms in total. The number of terminal acetylenes is 1. The Morgan fingerprint density at radius 1 is 1.19 bits per heavy atom. The van der Waals surface area contributed by atoms with Gasteiger partial charge < -0.3 is 4.74 Å². The monoisotopic (exact) mass is 550 g/mol. The number of carbonyl (C=O) groups excluding carboxylic acids is 1. The van der Waals surface area contributed by atoms with Crippen LogP contribution in [0.4, 0.5) is 22.0 Å². The third-order valence-corrected chi connectivity index (χ3v) is 7.53.